The molecule has 3 aliphatic heterocycles. The minimum atomic E-state index is -1.06. The van der Waals surface area contributed by atoms with Crippen LogP contribution in [0.1, 0.15) is 47.0 Å². The zero-order valence-electron chi connectivity index (χ0n) is 21.3. The van der Waals surface area contributed by atoms with Crippen molar-refractivity contribution in [2.45, 2.75) is 76.8 Å². The summed E-state index contributed by atoms with van der Waals surface area (Å²) in [4.78, 5) is 46.4. The standard InChI is InChI=1S/C26H41N3O5/c1-8-12-27(7)23(31)20-19-10-11-26(34-19)21(20)24(32)29(18(15-30)14-16(3)4)22(26)25(33)28(13-9-2)17(5)6/h8-9,16-22,30H,1-2,10-15H2,3-7H3/t18-,19+,20-,21+,22?,26?/m1/s1. The van der Waals surface area contributed by atoms with Gasteiger partial charge in [-0.25, -0.2) is 0 Å². The molecule has 0 radical (unpaired) electrons. The molecule has 0 aliphatic carbocycles. The van der Waals surface area contributed by atoms with Crippen molar-refractivity contribution in [1.29, 1.82) is 0 Å². The third-order valence-electron chi connectivity index (χ3n) is 7.62. The van der Waals surface area contributed by atoms with Gasteiger partial charge in [0, 0.05) is 26.2 Å². The van der Waals surface area contributed by atoms with Crippen molar-refractivity contribution in [3.8, 4) is 0 Å². The van der Waals surface area contributed by atoms with E-state index < -0.39 is 35.6 Å². The first-order chi connectivity index (χ1) is 16.0. The molecule has 3 rings (SSSR count). The number of aliphatic hydroxyl groups is 1. The van der Waals surface area contributed by atoms with Crippen molar-refractivity contribution in [3.63, 3.8) is 0 Å². The lowest BCUT2D eigenvalue weighted by atomic mass is 9.70. The molecule has 0 aromatic heterocycles. The fraction of sp³-hybridized carbons (Fsp3) is 0.731. The third kappa shape index (κ3) is 4.19. The van der Waals surface area contributed by atoms with Gasteiger partial charge in [0.15, 0.2) is 0 Å². The molecule has 34 heavy (non-hydrogen) atoms. The first-order valence-corrected chi connectivity index (χ1v) is 12.4. The number of aliphatic hydroxyl groups excluding tert-OH is 1. The molecule has 3 aliphatic rings. The van der Waals surface area contributed by atoms with E-state index in [4.69, 9.17) is 4.74 Å². The number of nitrogens with zero attached hydrogens (tertiary/aromatic N) is 3. The Hall–Kier alpha value is -2.19. The van der Waals surface area contributed by atoms with Gasteiger partial charge in [0.1, 0.15) is 11.6 Å². The molecule has 0 aromatic carbocycles. The highest BCUT2D eigenvalue weighted by atomic mass is 16.5. The van der Waals surface area contributed by atoms with Crippen LogP contribution in [0.3, 0.4) is 0 Å². The fourth-order valence-corrected chi connectivity index (χ4v) is 6.26. The maximum Gasteiger partial charge on any atom is 0.248 e. The Balaban J connectivity index is 2.10. The van der Waals surface area contributed by atoms with Crippen LogP contribution < -0.4 is 0 Å². The Morgan fingerprint density at radius 3 is 2.38 bits per heavy atom. The number of likely N-dealkylation sites (N-methyl/N-ethyl adjacent to an activating group) is 1. The molecule has 0 saturated carbocycles. The molecule has 1 spiro atoms. The smallest absolute Gasteiger partial charge is 0.248 e. The normalized spacial score (nSPS) is 30.6. The van der Waals surface area contributed by atoms with Gasteiger partial charge in [-0.2, -0.15) is 0 Å². The third-order valence-corrected chi connectivity index (χ3v) is 7.62. The molecular formula is C26H41N3O5. The first-order valence-electron chi connectivity index (χ1n) is 12.4. The Kier molecular flexibility index (Phi) is 7.92. The summed E-state index contributed by atoms with van der Waals surface area (Å²) < 4.78 is 6.50. The maximum atomic E-state index is 14.1. The molecule has 3 fully saturated rings. The van der Waals surface area contributed by atoms with Crippen LogP contribution >= 0.6 is 0 Å². The quantitative estimate of drug-likeness (QED) is 0.461. The van der Waals surface area contributed by atoms with Crippen molar-refractivity contribution >= 4 is 17.7 Å². The second kappa shape index (κ2) is 10.2. The van der Waals surface area contributed by atoms with Crippen molar-refractivity contribution in [1.82, 2.24) is 14.7 Å². The topological polar surface area (TPSA) is 90.4 Å². The van der Waals surface area contributed by atoms with E-state index >= 15 is 0 Å². The van der Waals surface area contributed by atoms with Crippen LogP contribution in [0.4, 0.5) is 0 Å². The van der Waals surface area contributed by atoms with Gasteiger partial charge in [0.05, 0.1) is 30.6 Å². The van der Waals surface area contributed by atoms with E-state index in [9.17, 15) is 19.5 Å². The van der Waals surface area contributed by atoms with Gasteiger partial charge in [-0.15, -0.1) is 13.2 Å². The average Bonchev–Trinajstić information content (AvgIpc) is 3.42. The Bertz CT molecular complexity index is 827. The van der Waals surface area contributed by atoms with Crippen LogP contribution in [-0.4, -0.2) is 94.1 Å². The lowest BCUT2D eigenvalue weighted by molar-refractivity contribution is -0.153. The molecule has 1 N–H and O–H groups in total. The summed E-state index contributed by atoms with van der Waals surface area (Å²) in [6, 6.07) is -1.51. The predicted molar refractivity (Wildman–Crippen MR) is 130 cm³/mol. The number of ether oxygens (including phenoxy) is 1. The number of likely N-dealkylation sites (tertiary alicyclic amines) is 1. The van der Waals surface area contributed by atoms with Gasteiger partial charge < -0.3 is 24.5 Å². The lowest BCUT2D eigenvalue weighted by Gasteiger charge is -2.40. The van der Waals surface area contributed by atoms with E-state index in [-0.39, 0.29) is 36.3 Å². The Morgan fingerprint density at radius 2 is 1.85 bits per heavy atom. The van der Waals surface area contributed by atoms with Gasteiger partial charge in [0.2, 0.25) is 17.7 Å². The van der Waals surface area contributed by atoms with Crippen molar-refractivity contribution in [2.75, 3.05) is 26.7 Å². The Morgan fingerprint density at radius 1 is 1.21 bits per heavy atom. The molecule has 3 amide bonds. The maximum absolute atomic E-state index is 14.1. The lowest BCUT2D eigenvalue weighted by Crippen LogP contribution is -2.60. The molecule has 8 heteroatoms. The Labute approximate surface area is 203 Å². The van der Waals surface area contributed by atoms with Crippen molar-refractivity contribution in [3.05, 3.63) is 25.3 Å². The summed E-state index contributed by atoms with van der Waals surface area (Å²) in [5.74, 6) is -1.79. The van der Waals surface area contributed by atoms with Gasteiger partial charge in [-0.3, -0.25) is 14.4 Å². The van der Waals surface area contributed by atoms with Crippen LogP contribution in [0.15, 0.2) is 25.3 Å². The monoisotopic (exact) mass is 475 g/mol. The summed E-state index contributed by atoms with van der Waals surface area (Å²) in [7, 11) is 1.70. The number of hydrogen-bond acceptors (Lipinski definition) is 5. The predicted octanol–water partition coefficient (Wildman–Crippen LogP) is 1.84. The van der Waals surface area contributed by atoms with E-state index in [1.807, 2.05) is 27.7 Å². The molecule has 2 bridgehead atoms. The SMILES string of the molecule is C=CCN(C)C(=O)[C@@H]1[C@@H]2CCC3(O2)C(C(=O)N(CC=C)C(C)C)N([C@@H](CO)CC(C)C)C(=O)[C@H]13. The molecule has 6 atom stereocenters. The highest BCUT2D eigenvalue weighted by molar-refractivity contribution is 5.99. The molecule has 2 unspecified atom stereocenters. The number of fused-ring (bicyclic) bond motifs is 1. The molecule has 8 nitrogen and oxygen atoms in total. The first kappa shape index (κ1) is 26.4. The molecule has 0 aromatic rings. The van der Waals surface area contributed by atoms with E-state index in [1.165, 1.54) is 0 Å². The van der Waals surface area contributed by atoms with Crippen molar-refractivity contribution in [2.24, 2.45) is 17.8 Å². The minimum absolute atomic E-state index is 0.106. The summed E-state index contributed by atoms with van der Waals surface area (Å²) in [6.07, 6.45) is 4.64. The zero-order chi connectivity index (χ0) is 25.4. The van der Waals surface area contributed by atoms with Crippen LogP contribution in [0.2, 0.25) is 0 Å². The van der Waals surface area contributed by atoms with Crippen LogP contribution in [0, 0.1) is 17.8 Å². The minimum Gasteiger partial charge on any atom is -0.394 e. The van der Waals surface area contributed by atoms with E-state index in [0.29, 0.717) is 32.4 Å². The van der Waals surface area contributed by atoms with E-state index in [2.05, 4.69) is 13.2 Å². The highest BCUT2D eigenvalue weighted by Crippen LogP contribution is 2.59. The largest absolute Gasteiger partial charge is 0.394 e. The number of carbonyl (C=O) groups excluding carboxylic acids is 3. The van der Waals surface area contributed by atoms with Gasteiger partial charge in [-0.05, 0) is 39.0 Å². The second-order valence-corrected chi connectivity index (χ2v) is 10.6. The zero-order valence-corrected chi connectivity index (χ0v) is 21.3. The van der Waals surface area contributed by atoms with Crippen LogP contribution in [0.5, 0.6) is 0 Å². The summed E-state index contributed by atoms with van der Waals surface area (Å²) in [6.45, 7) is 15.9. The molecule has 3 saturated heterocycles. The number of rotatable bonds is 11. The number of hydrogen-bond donors (Lipinski definition) is 1. The van der Waals surface area contributed by atoms with E-state index in [0.717, 1.165) is 0 Å². The molecule has 3 heterocycles. The van der Waals surface area contributed by atoms with Gasteiger partial charge in [-0.1, -0.05) is 26.0 Å². The fourth-order valence-electron chi connectivity index (χ4n) is 6.26. The summed E-state index contributed by atoms with van der Waals surface area (Å²) in [5, 5.41) is 10.3. The average molecular weight is 476 g/mol. The summed E-state index contributed by atoms with van der Waals surface area (Å²) in [5.41, 5.74) is -1.06. The molecule has 190 valence electrons. The molecular weight excluding hydrogens is 434 g/mol. The second-order valence-electron chi connectivity index (χ2n) is 10.6. The van der Waals surface area contributed by atoms with Gasteiger partial charge >= 0.3 is 0 Å². The van der Waals surface area contributed by atoms with E-state index in [1.54, 1.807) is 33.9 Å². The number of amides is 3. The van der Waals surface area contributed by atoms with Gasteiger partial charge in [0.25, 0.3) is 0 Å². The van der Waals surface area contributed by atoms with Crippen LogP contribution in [-0.2, 0) is 19.1 Å². The number of carbonyl (C=O) groups is 3. The van der Waals surface area contributed by atoms with Crippen molar-refractivity contribution < 1.29 is 24.2 Å². The highest BCUT2D eigenvalue weighted by Gasteiger charge is 2.75. The summed E-state index contributed by atoms with van der Waals surface area (Å²) >= 11 is 0. The van der Waals surface area contributed by atoms with Crippen LogP contribution in [0.25, 0.3) is 0 Å².